The van der Waals surface area contributed by atoms with Crippen molar-refractivity contribution >= 4 is 46.3 Å². The lowest BCUT2D eigenvalue weighted by Gasteiger charge is -2.07. The number of carbonyl (C=O) groups is 3. The van der Waals surface area contributed by atoms with Gasteiger partial charge in [-0.1, -0.05) is 11.8 Å². The summed E-state index contributed by atoms with van der Waals surface area (Å²) < 4.78 is 7.03. The van der Waals surface area contributed by atoms with Crippen molar-refractivity contribution in [2.24, 2.45) is 5.73 Å². The molecule has 0 radical (unpaired) electrons. The van der Waals surface area contributed by atoms with E-state index in [1.54, 1.807) is 43.3 Å². The second-order valence-corrected chi connectivity index (χ2v) is 7.28. The Balaban J connectivity index is 1.70. The third kappa shape index (κ3) is 4.80. The van der Waals surface area contributed by atoms with Crippen molar-refractivity contribution < 1.29 is 19.1 Å². The molecular weight excluding hydrogens is 404 g/mol. The SMILES string of the molecule is CCOC(=O)c1ccc2c(c1)nc(SCC(=O)Nc1ccc(C(N)=O)cc1)n2CC. The number of thioether (sulfide) groups is 1. The zero-order valence-electron chi connectivity index (χ0n) is 16.7. The van der Waals surface area contributed by atoms with Crippen LogP contribution in [-0.4, -0.2) is 39.7 Å². The minimum absolute atomic E-state index is 0.158. The first-order valence-electron chi connectivity index (χ1n) is 9.42. The van der Waals surface area contributed by atoms with Crippen LogP contribution in [0.15, 0.2) is 47.6 Å². The highest BCUT2D eigenvalue weighted by atomic mass is 32.2. The maximum atomic E-state index is 12.3. The van der Waals surface area contributed by atoms with Gasteiger partial charge in [-0.05, 0) is 56.3 Å². The highest BCUT2D eigenvalue weighted by Crippen LogP contribution is 2.25. The Hall–Kier alpha value is -3.33. The predicted octanol–water partition coefficient (Wildman–Crippen LogP) is 3.06. The first kappa shape index (κ1) is 21.4. The largest absolute Gasteiger partial charge is 0.462 e. The van der Waals surface area contributed by atoms with Crippen LogP contribution >= 0.6 is 11.8 Å². The van der Waals surface area contributed by atoms with Gasteiger partial charge in [0.15, 0.2) is 5.16 Å². The number of esters is 1. The normalized spacial score (nSPS) is 10.7. The summed E-state index contributed by atoms with van der Waals surface area (Å²) in [7, 11) is 0. The number of hydrogen-bond donors (Lipinski definition) is 2. The third-order valence-corrected chi connectivity index (χ3v) is 5.30. The molecule has 0 aliphatic heterocycles. The van der Waals surface area contributed by atoms with Crippen LogP contribution in [0.2, 0.25) is 0 Å². The number of aromatic nitrogens is 2. The molecule has 0 saturated carbocycles. The number of nitrogens with two attached hydrogens (primary N) is 1. The summed E-state index contributed by atoms with van der Waals surface area (Å²) in [6.07, 6.45) is 0. The number of aryl methyl sites for hydroxylation is 1. The molecule has 2 aromatic carbocycles. The standard InChI is InChI=1S/C21H22N4O4S/c1-3-25-17-10-7-14(20(28)29-4-2)11-16(17)24-21(25)30-12-18(26)23-15-8-5-13(6-9-15)19(22)27/h5-11H,3-4,12H2,1-2H3,(H2,22,27)(H,23,26). The number of nitrogens with zero attached hydrogens (tertiary/aromatic N) is 2. The number of anilines is 1. The van der Waals surface area contributed by atoms with E-state index in [1.165, 1.54) is 11.8 Å². The lowest BCUT2D eigenvalue weighted by atomic mass is 10.2. The van der Waals surface area contributed by atoms with E-state index in [0.717, 1.165) is 5.52 Å². The molecule has 156 valence electrons. The van der Waals surface area contributed by atoms with Gasteiger partial charge >= 0.3 is 5.97 Å². The molecule has 0 saturated heterocycles. The smallest absolute Gasteiger partial charge is 0.338 e. The summed E-state index contributed by atoms with van der Waals surface area (Å²) in [4.78, 5) is 40.0. The maximum Gasteiger partial charge on any atom is 0.338 e. The summed E-state index contributed by atoms with van der Waals surface area (Å²) in [6, 6.07) is 11.6. The van der Waals surface area contributed by atoms with E-state index in [9.17, 15) is 14.4 Å². The molecule has 3 N–H and O–H groups in total. The fraction of sp³-hybridized carbons (Fsp3) is 0.238. The Bertz CT molecular complexity index is 1090. The van der Waals surface area contributed by atoms with Gasteiger partial charge in [0, 0.05) is 17.8 Å². The summed E-state index contributed by atoms with van der Waals surface area (Å²) in [5.41, 5.74) is 8.17. The first-order chi connectivity index (χ1) is 14.4. The van der Waals surface area contributed by atoms with Crippen LogP contribution in [0.1, 0.15) is 34.6 Å². The highest BCUT2D eigenvalue weighted by molar-refractivity contribution is 7.99. The Morgan fingerprint density at radius 1 is 1.10 bits per heavy atom. The van der Waals surface area contributed by atoms with Crippen LogP contribution in [0.5, 0.6) is 0 Å². The van der Waals surface area contributed by atoms with Crippen LogP contribution in [0, 0.1) is 0 Å². The number of hydrogen-bond acceptors (Lipinski definition) is 6. The minimum Gasteiger partial charge on any atom is -0.462 e. The van der Waals surface area contributed by atoms with Crippen molar-refractivity contribution in [3.05, 3.63) is 53.6 Å². The van der Waals surface area contributed by atoms with E-state index in [0.29, 0.717) is 40.6 Å². The zero-order valence-corrected chi connectivity index (χ0v) is 17.5. The Morgan fingerprint density at radius 3 is 2.43 bits per heavy atom. The van der Waals surface area contributed by atoms with Gasteiger partial charge in [-0.25, -0.2) is 9.78 Å². The lowest BCUT2D eigenvalue weighted by molar-refractivity contribution is -0.113. The van der Waals surface area contributed by atoms with Gasteiger partial charge in [0.25, 0.3) is 0 Å². The van der Waals surface area contributed by atoms with E-state index in [4.69, 9.17) is 10.5 Å². The maximum absolute atomic E-state index is 12.3. The average molecular weight is 426 g/mol. The van der Waals surface area contributed by atoms with E-state index in [2.05, 4.69) is 10.3 Å². The summed E-state index contributed by atoms with van der Waals surface area (Å²) >= 11 is 1.31. The number of nitrogens with one attached hydrogen (secondary N) is 1. The van der Waals surface area contributed by atoms with Crippen LogP contribution in [0.25, 0.3) is 11.0 Å². The highest BCUT2D eigenvalue weighted by Gasteiger charge is 2.15. The molecule has 1 heterocycles. The topological polar surface area (TPSA) is 116 Å². The van der Waals surface area contributed by atoms with Crippen molar-refractivity contribution in [2.45, 2.75) is 25.5 Å². The third-order valence-electron chi connectivity index (χ3n) is 4.33. The van der Waals surface area contributed by atoms with E-state index in [1.807, 2.05) is 17.6 Å². The Kier molecular flexibility index (Phi) is 6.73. The van der Waals surface area contributed by atoms with Crippen molar-refractivity contribution in [1.29, 1.82) is 0 Å². The average Bonchev–Trinajstić information content (AvgIpc) is 3.09. The van der Waals surface area contributed by atoms with Crippen molar-refractivity contribution in [1.82, 2.24) is 9.55 Å². The number of imidazole rings is 1. The van der Waals surface area contributed by atoms with Crippen LogP contribution in [-0.2, 0) is 16.1 Å². The molecule has 3 rings (SSSR count). The number of fused-ring (bicyclic) bond motifs is 1. The fourth-order valence-electron chi connectivity index (χ4n) is 2.91. The summed E-state index contributed by atoms with van der Waals surface area (Å²) in [5, 5.41) is 3.47. The molecule has 0 spiro atoms. The number of ether oxygens (including phenoxy) is 1. The molecule has 1 aromatic heterocycles. The molecule has 3 aromatic rings. The second kappa shape index (κ2) is 9.45. The molecule has 2 amide bonds. The minimum atomic E-state index is -0.520. The number of amides is 2. The lowest BCUT2D eigenvalue weighted by Crippen LogP contribution is -2.15. The van der Waals surface area contributed by atoms with Gasteiger partial charge in [-0.15, -0.1) is 0 Å². The summed E-state index contributed by atoms with van der Waals surface area (Å²) in [5.74, 6) is -0.950. The van der Waals surface area contributed by atoms with Crippen LogP contribution in [0.4, 0.5) is 5.69 Å². The molecular formula is C21H22N4O4S. The fourth-order valence-corrected chi connectivity index (χ4v) is 3.79. The van der Waals surface area contributed by atoms with Crippen LogP contribution in [0.3, 0.4) is 0 Å². The number of primary amides is 1. The van der Waals surface area contributed by atoms with Gasteiger partial charge in [0.05, 0.1) is 29.0 Å². The Labute approximate surface area is 177 Å². The molecule has 8 nitrogen and oxygen atoms in total. The molecule has 0 fully saturated rings. The quantitative estimate of drug-likeness (QED) is 0.422. The zero-order chi connectivity index (χ0) is 21.7. The van der Waals surface area contributed by atoms with Gasteiger partial charge in [0.2, 0.25) is 11.8 Å². The number of rotatable bonds is 8. The van der Waals surface area contributed by atoms with Gasteiger partial charge in [-0.3, -0.25) is 9.59 Å². The van der Waals surface area contributed by atoms with Crippen molar-refractivity contribution in [3.8, 4) is 0 Å². The first-order valence-corrected chi connectivity index (χ1v) is 10.4. The van der Waals surface area contributed by atoms with Crippen LogP contribution < -0.4 is 11.1 Å². The molecule has 0 aliphatic rings. The molecule has 0 bridgehead atoms. The predicted molar refractivity (Wildman–Crippen MR) is 116 cm³/mol. The van der Waals surface area contributed by atoms with Gasteiger partial charge in [0.1, 0.15) is 0 Å². The van der Waals surface area contributed by atoms with E-state index in [-0.39, 0.29) is 17.6 Å². The number of benzene rings is 2. The molecule has 30 heavy (non-hydrogen) atoms. The van der Waals surface area contributed by atoms with E-state index < -0.39 is 5.91 Å². The number of carbonyl (C=O) groups excluding carboxylic acids is 3. The van der Waals surface area contributed by atoms with E-state index >= 15 is 0 Å². The Morgan fingerprint density at radius 2 is 1.80 bits per heavy atom. The van der Waals surface area contributed by atoms with Gasteiger partial charge < -0.3 is 20.4 Å². The van der Waals surface area contributed by atoms with Gasteiger partial charge in [-0.2, -0.15) is 0 Å². The second-order valence-electron chi connectivity index (χ2n) is 6.34. The van der Waals surface area contributed by atoms with Crippen molar-refractivity contribution in [2.75, 3.05) is 17.7 Å². The monoisotopic (exact) mass is 426 g/mol. The molecule has 0 atom stereocenters. The summed E-state index contributed by atoms with van der Waals surface area (Å²) in [6.45, 7) is 4.73. The van der Waals surface area contributed by atoms with Crippen molar-refractivity contribution in [3.63, 3.8) is 0 Å². The molecule has 0 aliphatic carbocycles. The molecule has 9 heteroatoms. The molecule has 0 unspecified atom stereocenters.